The van der Waals surface area contributed by atoms with Crippen LogP contribution in [0.3, 0.4) is 0 Å². The molecule has 2 aromatic carbocycles. The normalized spacial score (nSPS) is 11.9. The molecule has 0 fully saturated rings. The number of nitrogens with zero attached hydrogens (tertiary/aromatic N) is 2. The second-order valence-corrected chi connectivity index (χ2v) is 12.4. The van der Waals surface area contributed by atoms with Gasteiger partial charge in [-0.25, -0.2) is 0 Å². The molecule has 0 amide bonds. The van der Waals surface area contributed by atoms with Crippen LogP contribution in [0.25, 0.3) is 0 Å². The van der Waals surface area contributed by atoms with E-state index in [-0.39, 0.29) is 26.3 Å². The number of halogens is 2. The van der Waals surface area contributed by atoms with Crippen LogP contribution in [0.2, 0.25) is 0 Å². The molecule has 13 heteroatoms. The van der Waals surface area contributed by atoms with E-state index in [1.807, 2.05) is 21.5 Å². The molecule has 3 rings (SSSR count). The van der Waals surface area contributed by atoms with Crippen molar-refractivity contribution >= 4 is 47.0 Å². The first-order valence-corrected chi connectivity index (χ1v) is 16.0. The van der Waals surface area contributed by atoms with Crippen LogP contribution in [0.15, 0.2) is 60.9 Å². The average molecular weight is 582 g/mol. The van der Waals surface area contributed by atoms with E-state index in [1.165, 1.54) is 24.3 Å². The van der Waals surface area contributed by atoms with E-state index < -0.39 is 17.6 Å². The van der Waals surface area contributed by atoms with Gasteiger partial charge in [-0.1, -0.05) is 48.5 Å². The van der Waals surface area contributed by atoms with Gasteiger partial charge in [0.2, 0.25) is 6.33 Å². The predicted octanol–water partition coefficient (Wildman–Crippen LogP) is -1.71. The van der Waals surface area contributed by atoms with E-state index >= 15 is 0 Å². The van der Waals surface area contributed by atoms with E-state index in [4.69, 9.17) is 19.1 Å². The van der Waals surface area contributed by atoms with Crippen molar-refractivity contribution in [3.05, 3.63) is 78.4 Å². The summed E-state index contributed by atoms with van der Waals surface area (Å²) in [4.78, 5) is 55.6. The van der Waals surface area contributed by atoms with Gasteiger partial charge in [-0.15, -0.1) is 0 Å². The van der Waals surface area contributed by atoms with Crippen LogP contribution in [-0.2, 0) is 29.0 Å². The molecule has 0 saturated carbocycles. The third-order valence-corrected chi connectivity index (χ3v) is 6.29. The minimum absolute atomic E-state index is 0.106. The Kier molecular flexibility index (Phi) is 9.38. The minimum atomic E-state index is -4.27. The quantitative estimate of drug-likeness (QED) is 0.117. The van der Waals surface area contributed by atoms with Crippen molar-refractivity contribution in [3.63, 3.8) is 0 Å². The van der Waals surface area contributed by atoms with Crippen LogP contribution in [0.4, 0.5) is 0 Å². The molecule has 0 saturated heterocycles. The van der Waals surface area contributed by atoms with Gasteiger partial charge in [-0.05, 0) is 23.5 Å². The molecule has 0 aliphatic rings. The Bertz CT molecular complexity index is 857. The molecule has 1 aromatic heterocycles. The Morgan fingerprint density at radius 1 is 0.800 bits per heavy atom. The van der Waals surface area contributed by atoms with Gasteiger partial charge in [0.1, 0.15) is 0 Å². The predicted molar refractivity (Wildman–Crippen MR) is 110 cm³/mol. The summed E-state index contributed by atoms with van der Waals surface area (Å²) in [5, 5.41) is 0.254. The number of hydrogen-bond donors (Lipinski definition) is 6. The summed E-state index contributed by atoms with van der Waals surface area (Å²) in [5.74, 6) is 0. The van der Waals surface area contributed by atoms with Gasteiger partial charge in [-0.3, -0.25) is 0 Å². The van der Waals surface area contributed by atoms with Crippen LogP contribution < -0.4 is 14.9 Å². The van der Waals surface area contributed by atoms with Crippen molar-refractivity contribution < 1.29 is 49.3 Å². The molecule has 30 heavy (non-hydrogen) atoms. The maximum atomic E-state index is 9.27. The molecule has 0 unspecified atom stereocenters. The molecular weight excluding hydrogens is 562 g/mol. The summed E-state index contributed by atoms with van der Waals surface area (Å²) in [6.45, 7) is 1.05. The molecule has 6 N–H and O–H groups in total. The first-order valence-electron chi connectivity index (χ1n) is 8.36. The summed E-state index contributed by atoms with van der Waals surface area (Å²) in [7, 11) is 1.09. The third-order valence-electron chi connectivity index (χ3n) is 4.07. The summed E-state index contributed by atoms with van der Waals surface area (Å²) in [6, 6.07) is 12.8. The summed E-state index contributed by atoms with van der Waals surface area (Å²) in [5.41, 5.74) is 1.82. The van der Waals surface area contributed by atoms with E-state index in [0.29, 0.717) is 13.1 Å². The van der Waals surface area contributed by atoms with Gasteiger partial charge in [0.25, 0.3) is 0 Å². The number of hydrogen-bond acceptors (Lipinski definition) is 6. The van der Waals surface area contributed by atoms with E-state index in [9.17, 15) is 28.8 Å². The number of rotatable bonds is 6. The summed E-state index contributed by atoms with van der Waals surface area (Å²) < 4.78 is 3.66. The van der Waals surface area contributed by atoms with Gasteiger partial charge < -0.3 is 37.9 Å². The van der Waals surface area contributed by atoms with E-state index in [2.05, 4.69) is 6.33 Å². The third kappa shape index (κ3) is 7.97. The summed E-state index contributed by atoms with van der Waals surface area (Å²) in [6.07, 6.45) is 6.85. The van der Waals surface area contributed by atoms with E-state index in [1.54, 1.807) is 24.3 Å². The van der Waals surface area contributed by atoms with Gasteiger partial charge in [0.05, 0.1) is 13.1 Å². The standard InChI is InChI=1S/C17H20N2O6Si2.2ClH.Pd/c20-26(21,22)16-5-1-14(2-6-16)11-18-9-10-19(13-18)12-15-3-7-17(8-4-15)27(23,24)25;;;/h1-10,20-25H,11-12H2;2*1H;/q;;;+2/p-2. The van der Waals surface area contributed by atoms with Crippen molar-refractivity contribution in [3.8, 4) is 0 Å². The van der Waals surface area contributed by atoms with E-state index in [0.717, 1.165) is 11.1 Å². The molecule has 0 bridgehead atoms. The zero-order chi connectivity index (χ0) is 22.4. The maximum absolute atomic E-state index is 9.27. The van der Waals surface area contributed by atoms with Crippen LogP contribution in [-0.4, -0.2) is 50.9 Å². The van der Waals surface area contributed by atoms with Crippen molar-refractivity contribution in [2.75, 3.05) is 0 Å². The van der Waals surface area contributed by atoms with Crippen LogP contribution in [0.1, 0.15) is 11.1 Å². The zero-order valence-corrected chi connectivity index (χ0v) is 20.4. The molecular formula is C17H20Cl2N2O6PdSi2. The van der Waals surface area contributed by atoms with Gasteiger partial charge in [0.15, 0.2) is 0 Å². The van der Waals surface area contributed by atoms with Crippen molar-refractivity contribution in [1.29, 1.82) is 0 Å². The monoisotopic (exact) mass is 580 g/mol. The first kappa shape index (κ1) is 25.3. The molecule has 0 atom stereocenters. The molecule has 1 heterocycles. The molecule has 0 aliphatic carbocycles. The van der Waals surface area contributed by atoms with Crippen molar-refractivity contribution in [1.82, 2.24) is 4.57 Å². The fourth-order valence-corrected chi connectivity index (χ4v) is 3.86. The molecule has 0 spiro atoms. The second-order valence-electron chi connectivity index (χ2n) is 6.36. The van der Waals surface area contributed by atoms with Crippen molar-refractivity contribution in [2.24, 2.45) is 0 Å². The second kappa shape index (κ2) is 11.1. The fraction of sp³-hybridized carbons (Fsp3) is 0.118. The summed E-state index contributed by atoms with van der Waals surface area (Å²) >= 11 is -0.106. The number of benzene rings is 2. The number of imidazole rings is 1. The SMILES string of the molecule is O[Si](O)(O)c1ccc(Cn2[c-][n+](Cc3ccc([Si](O)(O)O)cc3)cc2)cc1.[Cl][Pd][Cl]. The van der Waals surface area contributed by atoms with Gasteiger partial charge in [-0.2, -0.15) is 0 Å². The molecule has 166 valence electrons. The van der Waals surface area contributed by atoms with Gasteiger partial charge >= 0.3 is 52.6 Å². The molecule has 8 nitrogen and oxygen atoms in total. The van der Waals surface area contributed by atoms with Crippen molar-refractivity contribution in [2.45, 2.75) is 13.1 Å². The van der Waals surface area contributed by atoms with Gasteiger partial charge in [0, 0.05) is 10.4 Å². The molecule has 0 aliphatic heterocycles. The Labute approximate surface area is 191 Å². The Morgan fingerprint density at radius 3 is 1.67 bits per heavy atom. The van der Waals surface area contributed by atoms with Crippen LogP contribution in [0, 0.1) is 6.33 Å². The first-order chi connectivity index (χ1) is 14.0. The Balaban J connectivity index is 0.00000101. The number of aromatic nitrogens is 2. The zero-order valence-electron chi connectivity index (χ0n) is 15.3. The molecule has 0 radical (unpaired) electrons. The van der Waals surface area contributed by atoms with Crippen LogP contribution in [0.5, 0.6) is 0 Å². The Hall–Kier alpha value is -0.914. The Morgan fingerprint density at radius 2 is 1.23 bits per heavy atom. The average Bonchev–Trinajstić information content (AvgIpc) is 3.08. The van der Waals surface area contributed by atoms with Crippen LogP contribution >= 0.6 is 19.1 Å². The fourth-order valence-electron chi connectivity index (χ4n) is 2.63. The topological polar surface area (TPSA) is 130 Å². The molecule has 3 aromatic rings.